The van der Waals surface area contributed by atoms with Gasteiger partial charge in [-0.05, 0) is 18.1 Å². The van der Waals surface area contributed by atoms with Crippen molar-refractivity contribution >= 4 is 16.4 Å². The molecular weight excluding hydrogens is 432 g/mol. The highest BCUT2D eigenvalue weighted by Gasteiger charge is 2.59. The minimum absolute atomic E-state index is 0.0381. The average Bonchev–Trinajstić information content (AvgIpc) is 2.85. The van der Waals surface area contributed by atoms with Gasteiger partial charge in [-0.2, -0.15) is 0 Å². The summed E-state index contributed by atoms with van der Waals surface area (Å²) in [6, 6.07) is 1.21. The molecule has 0 radical (unpaired) electrons. The maximum absolute atomic E-state index is 12.5. The fraction of sp³-hybridized carbons (Fsp3) is 0.714. The van der Waals surface area contributed by atoms with E-state index < -0.39 is 58.3 Å². The SMILES string of the molecule is CC(C)(C)[Si](C)(C)O[C@H]1[C@H](n2ccc(=O)[nH]c2=O)O[C@H](CO)[C@]1(O)CC#C[Si](C)(C)C. The van der Waals surface area contributed by atoms with E-state index in [0.29, 0.717) is 0 Å². The summed E-state index contributed by atoms with van der Waals surface area (Å²) in [4.78, 5) is 26.3. The highest BCUT2D eigenvalue weighted by atomic mass is 28.4. The quantitative estimate of drug-likeness (QED) is 0.449. The fourth-order valence-electron chi connectivity index (χ4n) is 3.15. The molecule has 1 fully saturated rings. The lowest BCUT2D eigenvalue weighted by atomic mass is 9.89. The molecule has 3 N–H and O–H groups in total. The summed E-state index contributed by atoms with van der Waals surface area (Å²) >= 11 is 0. The first-order valence-electron chi connectivity index (χ1n) is 10.5. The van der Waals surface area contributed by atoms with Crippen LogP contribution in [0.25, 0.3) is 0 Å². The summed E-state index contributed by atoms with van der Waals surface area (Å²) in [6.07, 6.45) is -1.61. The molecule has 2 rings (SSSR count). The lowest BCUT2D eigenvalue weighted by Gasteiger charge is -2.42. The summed E-state index contributed by atoms with van der Waals surface area (Å²) in [5.74, 6) is 3.08. The molecule has 0 spiro atoms. The number of aliphatic hydroxyl groups excluding tert-OH is 1. The minimum atomic E-state index is -2.43. The number of aliphatic hydroxyl groups is 2. The van der Waals surface area contributed by atoms with Gasteiger partial charge in [-0.3, -0.25) is 14.3 Å². The van der Waals surface area contributed by atoms with Crippen LogP contribution in [-0.4, -0.2) is 60.6 Å². The first-order valence-corrected chi connectivity index (χ1v) is 16.9. The number of aromatic amines is 1. The van der Waals surface area contributed by atoms with Crippen molar-refractivity contribution in [1.82, 2.24) is 9.55 Å². The maximum Gasteiger partial charge on any atom is 0.330 e. The molecule has 0 aromatic carbocycles. The number of nitrogens with zero attached hydrogens (tertiary/aromatic N) is 1. The third-order valence-electron chi connectivity index (χ3n) is 5.97. The zero-order valence-electron chi connectivity index (χ0n) is 19.8. The van der Waals surface area contributed by atoms with Crippen LogP contribution in [0, 0.1) is 11.5 Å². The van der Waals surface area contributed by atoms with Gasteiger partial charge in [0.05, 0.1) is 6.61 Å². The minimum Gasteiger partial charge on any atom is -0.406 e. The molecule has 0 bridgehead atoms. The number of hydrogen-bond acceptors (Lipinski definition) is 6. The molecule has 0 amide bonds. The Bertz CT molecular complexity index is 963. The van der Waals surface area contributed by atoms with Crippen molar-refractivity contribution < 1.29 is 19.4 Å². The molecule has 1 saturated heterocycles. The fourth-order valence-corrected chi connectivity index (χ4v) is 5.08. The number of nitrogens with one attached hydrogen (secondary N) is 1. The zero-order valence-corrected chi connectivity index (χ0v) is 21.8. The molecule has 1 aliphatic rings. The lowest BCUT2D eigenvalue weighted by molar-refractivity contribution is -0.0873. The predicted molar refractivity (Wildman–Crippen MR) is 125 cm³/mol. The van der Waals surface area contributed by atoms with E-state index in [1.165, 1.54) is 16.8 Å². The van der Waals surface area contributed by atoms with Gasteiger partial charge in [0.25, 0.3) is 5.56 Å². The van der Waals surface area contributed by atoms with E-state index in [9.17, 15) is 19.8 Å². The standard InChI is InChI=1S/C21H36N2O6Si2/c1-20(2,3)31(7,8)29-17-18(23-12-10-16(25)22-19(23)26)28-15(14-24)21(17,27)11-9-13-30(4,5)6/h10,12,15,17-18,24,27H,11,14H2,1-8H3,(H,22,25,26)/t15-,17+,18-,21-/m1/s1. The van der Waals surface area contributed by atoms with Gasteiger partial charge >= 0.3 is 5.69 Å². The predicted octanol–water partition coefficient (Wildman–Crippen LogP) is 1.82. The monoisotopic (exact) mass is 468 g/mol. The molecule has 0 aliphatic carbocycles. The highest BCUT2D eigenvalue weighted by Crippen LogP contribution is 2.46. The Balaban J connectivity index is 2.60. The Morgan fingerprint density at radius 2 is 1.87 bits per heavy atom. The van der Waals surface area contributed by atoms with Crippen molar-refractivity contribution in [2.75, 3.05) is 6.61 Å². The largest absolute Gasteiger partial charge is 0.406 e. The van der Waals surface area contributed by atoms with E-state index in [1.54, 1.807) is 0 Å². The van der Waals surface area contributed by atoms with Crippen LogP contribution in [-0.2, 0) is 9.16 Å². The zero-order chi connectivity index (χ0) is 23.8. The van der Waals surface area contributed by atoms with E-state index in [4.69, 9.17) is 9.16 Å². The molecule has 1 aliphatic heterocycles. The molecule has 2 heterocycles. The molecule has 1 aromatic heterocycles. The van der Waals surface area contributed by atoms with Crippen LogP contribution in [0.5, 0.6) is 0 Å². The van der Waals surface area contributed by atoms with Gasteiger partial charge in [-0.15, -0.1) is 11.5 Å². The lowest BCUT2D eigenvalue weighted by Crippen LogP contribution is -2.56. The van der Waals surface area contributed by atoms with Crippen molar-refractivity contribution in [2.45, 2.75) is 89.0 Å². The van der Waals surface area contributed by atoms with Crippen molar-refractivity contribution in [3.63, 3.8) is 0 Å². The van der Waals surface area contributed by atoms with Gasteiger partial charge in [-0.25, -0.2) is 4.79 Å². The number of aromatic nitrogens is 2. The van der Waals surface area contributed by atoms with Gasteiger partial charge in [0.1, 0.15) is 25.9 Å². The number of H-pyrrole nitrogens is 1. The van der Waals surface area contributed by atoms with Crippen molar-refractivity contribution in [1.29, 1.82) is 0 Å². The van der Waals surface area contributed by atoms with Crippen LogP contribution < -0.4 is 11.2 Å². The van der Waals surface area contributed by atoms with E-state index in [1.807, 2.05) is 13.1 Å². The second-order valence-corrected chi connectivity index (χ2v) is 20.2. The molecule has 1 aromatic rings. The Labute approximate surface area is 185 Å². The summed E-state index contributed by atoms with van der Waals surface area (Å²) < 4.78 is 13.8. The average molecular weight is 469 g/mol. The molecule has 31 heavy (non-hydrogen) atoms. The number of hydrogen-bond donors (Lipinski definition) is 3. The van der Waals surface area contributed by atoms with Gasteiger partial charge in [0.2, 0.25) is 0 Å². The maximum atomic E-state index is 12.5. The van der Waals surface area contributed by atoms with Crippen LogP contribution >= 0.6 is 0 Å². The molecule has 0 saturated carbocycles. The smallest absolute Gasteiger partial charge is 0.330 e. The summed E-state index contributed by atoms with van der Waals surface area (Å²) in [7, 11) is -4.12. The highest BCUT2D eigenvalue weighted by molar-refractivity contribution is 6.83. The first-order chi connectivity index (χ1) is 14.0. The molecule has 10 heteroatoms. The molecule has 174 valence electrons. The van der Waals surface area contributed by atoms with E-state index in [2.05, 4.69) is 56.9 Å². The Morgan fingerprint density at radius 3 is 2.35 bits per heavy atom. The molecular formula is C21H36N2O6Si2. The first kappa shape index (κ1) is 25.8. The third kappa shape index (κ3) is 5.66. The number of rotatable bonds is 5. The molecule has 8 nitrogen and oxygen atoms in total. The second-order valence-electron chi connectivity index (χ2n) is 10.7. The summed E-state index contributed by atoms with van der Waals surface area (Å²) in [6.45, 7) is 16.1. The van der Waals surface area contributed by atoms with Crippen LogP contribution in [0.15, 0.2) is 21.9 Å². The molecule has 0 unspecified atom stereocenters. The van der Waals surface area contributed by atoms with Crippen LogP contribution in [0.3, 0.4) is 0 Å². The van der Waals surface area contributed by atoms with Crippen LogP contribution in [0.2, 0.25) is 37.8 Å². The third-order valence-corrected chi connectivity index (χ3v) is 11.3. The Morgan fingerprint density at radius 1 is 1.26 bits per heavy atom. The Hall–Kier alpha value is -1.49. The van der Waals surface area contributed by atoms with E-state index in [-0.39, 0.29) is 11.5 Å². The van der Waals surface area contributed by atoms with E-state index >= 15 is 0 Å². The van der Waals surface area contributed by atoms with Crippen LogP contribution in [0.4, 0.5) is 0 Å². The normalized spacial score (nSPS) is 27.1. The second kappa shape index (κ2) is 8.80. The molecule has 4 atom stereocenters. The van der Waals surface area contributed by atoms with Gasteiger partial charge in [0, 0.05) is 18.7 Å². The van der Waals surface area contributed by atoms with Crippen molar-refractivity contribution in [3.05, 3.63) is 33.1 Å². The summed E-state index contributed by atoms with van der Waals surface area (Å²) in [5.41, 5.74) is 0.407. The topological polar surface area (TPSA) is 114 Å². The van der Waals surface area contributed by atoms with Crippen LogP contribution in [0.1, 0.15) is 33.4 Å². The van der Waals surface area contributed by atoms with Gasteiger partial charge in [0.15, 0.2) is 14.5 Å². The van der Waals surface area contributed by atoms with Gasteiger partial charge < -0.3 is 19.4 Å². The summed E-state index contributed by atoms with van der Waals surface area (Å²) in [5, 5.41) is 21.6. The van der Waals surface area contributed by atoms with Crippen molar-refractivity contribution in [3.8, 4) is 11.5 Å². The van der Waals surface area contributed by atoms with Crippen molar-refractivity contribution in [2.24, 2.45) is 0 Å². The Kier molecular flexibility index (Phi) is 7.32. The van der Waals surface area contributed by atoms with E-state index in [0.717, 1.165) is 0 Å². The van der Waals surface area contributed by atoms with Gasteiger partial charge in [-0.1, -0.05) is 40.4 Å². The number of ether oxygens (including phenoxy) is 1.